The Hall–Kier alpha value is -0.625. The Bertz CT molecular complexity index is 1480. The van der Waals surface area contributed by atoms with E-state index < -0.39 is 24.2 Å². The number of halogens is 3. The molecule has 0 saturated carbocycles. The van der Waals surface area contributed by atoms with E-state index in [9.17, 15) is 0 Å². The molecule has 236 valence electrons. The van der Waals surface area contributed by atoms with E-state index in [4.69, 9.17) is 0 Å². The van der Waals surface area contributed by atoms with Crippen LogP contribution in [0.5, 0.6) is 0 Å². The summed E-state index contributed by atoms with van der Waals surface area (Å²) in [5, 5.41) is 7.50. The first-order valence-corrected chi connectivity index (χ1v) is 23.9. The molecule has 0 radical (unpaired) electrons. The van der Waals surface area contributed by atoms with Crippen molar-refractivity contribution >= 4 is 50.2 Å². The van der Waals surface area contributed by atoms with Crippen LogP contribution in [0.4, 0.5) is 0 Å². The molecule has 1 atom stereocenters. The summed E-state index contributed by atoms with van der Waals surface area (Å²) in [7, 11) is -5.89. The van der Waals surface area contributed by atoms with Gasteiger partial charge in [-0.25, -0.2) is 5.57 Å². The van der Waals surface area contributed by atoms with Crippen LogP contribution in [-0.2, 0) is 21.7 Å². The number of hydrogen-bond acceptors (Lipinski definition) is 0. The van der Waals surface area contributed by atoms with Crippen LogP contribution < -0.4 is 63.2 Å². The molecule has 0 heterocycles. The fraction of sp³-hybridized carbons (Fsp3) is 0.405. The van der Waals surface area contributed by atoms with E-state index in [-0.39, 0.29) is 64.0 Å². The molecule has 0 fully saturated rings. The van der Waals surface area contributed by atoms with Gasteiger partial charge in [0, 0.05) is 0 Å². The third kappa shape index (κ3) is 7.74. The Balaban J connectivity index is 0.00000462. The minimum atomic E-state index is -2.75. The molecule has 1 unspecified atom stereocenters. The van der Waals surface area contributed by atoms with E-state index in [1.807, 2.05) is 0 Å². The largest absolute Gasteiger partial charge is 4.00 e. The van der Waals surface area contributed by atoms with E-state index >= 15 is 0 Å². The number of aryl methyl sites for hydroxylation is 4. The van der Waals surface area contributed by atoms with Crippen LogP contribution in [0.25, 0.3) is 0 Å². The van der Waals surface area contributed by atoms with Gasteiger partial charge in [-0.2, -0.15) is 11.1 Å². The number of rotatable bonds is 6. The van der Waals surface area contributed by atoms with Gasteiger partial charge in [0.1, 0.15) is 8.07 Å². The Morgan fingerprint density at radius 2 is 0.773 bits per heavy atom. The molecule has 0 nitrogen and oxygen atoms in total. The molecule has 7 heteroatoms. The van der Waals surface area contributed by atoms with Crippen molar-refractivity contribution < 1.29 is 58.9 Å². The molecular formula is C37H51Cl3Si3Ti. The second-order valence-corrected chi connectivity index (χ2v) is 29.3. The van der Waals surface area contributed by atoms with E-state index in [0.717, 1.165) is 0 Å². The molecule has 3 aromatic rings. The average Bonchev–Trinajstić information content (AvgIpc) is 3.00. The van der Waals surface area contributed by atoms with Crippen molar-refractivity contribution in [3.8, 4) is 0 Å². The second-order valence-electron chi connectivity index (χ2n) is 14.9. The van der Waals surface area contributed by atoms with E-state index in [2.05, 4.69) is 155 Å². The monoisotopic (exact) mass is 732 g/mol. The van der Waals surface area contributed by atoms with Crippen LogP contribution in [0.2, 0.25) is 44.3 Å². The summed E-state index contributed by atoms with van der Waals surface area (Å²) >= 11 is 0. The zero-order chi connectivity index (χ0) is 30.0. The molecule has 0 bridgehead atoms. The zero-order valence-corrected chi connectivity index (χ0v) is 36.2. The fourth-order valence-electron chi connectivity index (χ4n) is 7.02. The Kier molecular flexibility index (Phi) is 14.9. The molecule has 0 spiro atoms. The number of hydrogen-bond donors (Lipinski definition) is 0. The minimum absolute atomic E-state index is 0. The first kappa shape index (κ1) is 43.4. The maximum absolute atomic E-state index is 4.19. The molecule has 3 aromatic carbocycles. The predicted octanol–water partition coefficient (Wildman–Crippen LogP) is -1.65. The van der Waals surface area contributed by atoms with Gasteiger partial charge in [-0.05, 0) is 43.3 Å². The SMILES string of the molecule is CC1=[C-]C(C)([Si](c2cc(C)cc(C)c2)(c2cc(C)cc([Si](C)(C)C)c2)c2cc(C)cc([Si](C)(C)C)c2)C(C)=C1C.[Cl-].[Cl-].[Cl-].[Ti+4]. The van der Waals surface area contributed by atoms with Gasteiger partial charge in [-0.3, -0.25) is 6.08 Å². The van der Waals surface area contributed by atoms with Crippen molar-refractivity contribution in [1.82, 2.24) is 0 Å². The molecule has 44 heavy (non-hydrogen) atoms. The first-order valence-electron chi connectivity index (χ1n) is 14.9. The summed E-state index contributed by atoms with van der Waals surface area (Å²) in [5.74, 6) is 0. The maximum Gasteiger partial charge on any atom is 4.00 e. The summed E-state index contributed by atoms with van der Waals surface area (Å²) < 4.78 is 0. The van der Waals surface area contributed by atoms with Crippen molar-refractivity contribution in [3.05, 3.63) is 99.6 Å². The topological polar surface area (TPSA) is 0 Å². The Morgan fingerprint density at radius 1 is 0.477 bits per heavy atom. The summed E-state index contributed by atoms with van der Waals surface area (Å²) in [6.07, 6.45) is 4.19. The van der Waals surface area contributed by atoms with Gasteiger partial charge in [0.25, 0.3) is 0 Å². The van der Waals surface area contributed by atoms with Crippen molar-refractivity contribution in [2.75, 3.05) is 0 Å². The van der Waals surface area contributed by atoms with Gasteiger partial charge in [-0.15, -0.1) is 6.92 Å². The standard InChI is InChI=1S/C37H51Si3.3ClH.Ti/c1-25-15-26(2)19-34(18-25)40(37(8)24-29(5)30(6)31(37)7,35-20-27(3)16-32(22-35)38(9,10)11)36-21-28(4)17-33(23-36)39(12,13)14;;;;/h15-23H,1-14H3;3*1H;/q-1;;;;+4/p-3. The molecule has 4 rings (SSSR count). The van der Waals surface area contributed by atoms with Crippen molar-refractivity contribution in [2.45, 2.75) is 99.7 Å². The maximum atomic E-state index is 4.19. The minimum Gasteiger partial charge on any atom is -1.00 e. The van der Waals surface area contributed by atoms with Crippen LogP contribution in [0.15, 0.2) is 71.3 Å². The number of benzene rings is 3. The summed E-state index contributed by atoms with van der Waals surface area (Å²) in [5.41, 5.74) is 9.69. The van der Waals surface area contributed by atoms with Crippen molar-refractivity contribution in [1.29, 1.82) is 0 Å². The number of allylic oxidation sites excluding steroid dienone is 4. The van der Waals surface area contributed by atoms with Crippen LogP contribution >= 0.6 is 0 Å². The van der Waals surface area contributed by atoms with Gasteiger partial charge >= 0.3 is 21.7 Å². The quantitative estimate of drug-likeness (QED) is 0.162. The smallest absolute Gasteiger partial charge is 1.00 e. The predicted molar refractivity (Wildman–Crippen MR) is 188 cm³/mol. The molecule has 0 amide bonds. The van der Waals surface area contributed by atoms with Gasteiger partial charge in [-0.1, -0.05) is 152 Å². The molecular weight excluding hydrogens is 683 g/mol. The van der Waals surface area contributed by atoms with Gasteiger partial charge < -0.3 is 37.2 Å². The van der Waals surface area contributed by atoms with E-state index in [1.54, 1.807) is 20.7 Å². The van der Waals surface area contributed by atoms with Crippen LogP contribution in [0.1, 0.15) is 49.9 Å². The fourth-order valence-corrected chi connectivity index (χ4v) is 16.2. The van der Waals surface area contributed by atoms with E-state index in [1.165, 1.54) is 44.2 Å². The van der Waals surface area contributed by atoms with Crippen LogP contribution in [-0.4, -0.2) is 24.2 Å². The average molecular weight is 734 g/mol. The summed E-state index contributed by atoms with van der Waals surface area (Å²) in [6.45, 7) is 33.6. The summed E-state index contributed by atoms with van der Waals surface area (Å²) in [6, 6.07) is 22.7. The normalized spacial score (nSPS) is 16.7. The van der Waals surface area contributed by atoms with Gasteiger partial charge in [0.05, 0.1) is 16.1 Å². The Labute approximate surface area is 306 Å². The zero-order valence-electron chi connectivity index (χ0n) is 29.3. The third-order valence-electron chi connectivity index (χ3n) is 9.47. The first-order chi connectivity index (χ1) is 18.3. The van der Waals surface area contributed by atoms with Crippen molar-refractivity contribution in [2.24, 2.45) is 0 Å². The third-order valence-corrected chi connectivity index (χ3v) is 19.0. The van der Waals surface area contributed by atoms with Gasteiger partial charge in [0.2, 0.25) is 0 Å². The van der Waals surface area contributed by atoms with Crippen LogP contribution in [0.3, 0.4) is 0 Å². The summed E-state index contributed by atoms with van der Waals surface area (Å²) in [4.78, 5) is 0. The molecule has 1 aliphatic carbocycles. The molecule has 0 N–H and O–H groups in total. The van der Waals surface area contributed by atoms with E-state index in [0.29, 0.717) is 0 Å². The van der Waals surface area contributed by atoms with Gasteiger partial charge in [0.15, 0.2) is 0 Å². The van der Waals surface area contributed by atoms with Crippen molar-refractivity contribution in [3.63, 3.8) is 0 Å². The molecule has 0 aromatic heterocycles. The Morgan fingerprint density at radius 3 is 1.07 bits per heavy atom. The van der Waals surface area contributed by atoms with Crippen LogP contribution in [0, 0.1) is 33.8 Å². The molecule has 0 saturated heterocycles. The second kappa shape index (κ2) is 15.1. The molecule has 1 aliphatic rings. The molecule has 0 aliphatic heterocycles.